The Morgan fingerprint density at radius 2 is 2.00 bits per heavy atom. The maximum atomic E-state index is 12.1. The smallest absolute Gasteiger partial charge is 0.327 e. The van der Waals surface area contributed by atoms with E-state index in [2.05, 4.69) is 20.8 Å². The molecule has 1 saturated heterocycles. The number of piperidine rings is 1. The fraction of sp³-hybridized carbons (Fsp3) is 0.533. The fourth-order valence-corrected chi connectivity index (χ4v) is 2.91. The van der Waals surface area contributed by atoms with Crippen molar-refractivity contribution in [3.05, 3.63) is 34.3 Å². The van der Waals surface area contributed by atoms with E-state index in [9.17, 15) is 9.90 Å². The summed E-state index contributed by atoms with van der Waals surface area (Å²) >= 11 is 3.40. The van der Waals surface area contributed by atoms with Gasteiger partial charge < -0.3 is 9.84 Å². The molecule has 20 heavy (non-hydrogen) atoms. The average molecular weight is 342 g/mol. The monoisotopic (exact) mass is 341 g/mol. The molecule has 1 fully saturated rings. The zero-order valence-corrected chi connectivity index (χ0v) is 13.2. The van der Waals surface area contributed by atoms with Gasteiger partial charge in [-0.2, -0.15) is 0 Å². The Morgan fingerprint density at radius 1 is 1.40 bits per heavy atom. The van der Waals surface area contributed by atoms with Gasteiger partial charge >= 0.3 is 5.97 Å². The van der Waals surface area contributed by atoms with Crippen LogP contribution in [0, 0.1) is 5.92 Å². The van der Waals surface area contributed by atoms with Crippen LogP contribution >= 0.6 is 15.9 Å². The van der Waals surface area contributed by atoms with E-state index < -0.39 is 0 Å². The highest BCUT2D eigenvalue weighted by Gasteiger charge is 2.31. The quantitative estimate of drug-likeness (QED) is 0.854. The minimum Gasteiger partial charge on any atom is -0.468 e. The molecule has 1 aromatic rings. The van der Waals surface area contributed by atoms with Gasteiger partial charge in [-0.3, -0.25) is 4.90 Å². The first-order chi connectivity index (χ1) is 9.65. The number of carbonyl (C=O) groups excluding carboxylic acids is 1. The number of hydrogen-bond donors (Lipinski definition) is 1. The van der Waals surface area contributed by atoms with Gasteiger partial charge in [0.2, 0.25) is 0 Å². The Labute approximate surface area is 127 Å². The molecule has 1 heterocycles. The molecule has 2 rings (SSSR count). The van der Waals surface area contributed by atoms with Crippen molar-refractivity contribution in [1.82, 2.24) is 4.90 Å². The minimum absolute atomic E-state index is 0.227. The normalized spacial score (nSPS) is 18.8. The number of methoxy groups -OCH3 is 1. The minimum atomic E-state index is -0.354. The summed E-state index contributed by atoms with van der Waals surface area (Å²) in [7, 11) is 1.43. The van der Waals surface area contributed by atoms with E-state index in [4.69, 9.17) is 4.74 Å². The van der Waals surface area contributed by atoms with E-state index in [0.717, 1.165) is 36.0 Å². The summed E-state index contributed by atoms with van der Waals surface area (Å²) in [6, 6.07) is 7.42. The highest BCUT2D eigenvalue weighted by Crippen LogP contribution is 2.28. The molecule has 110 valence electrons. The first-order valence-corrected chi connectivity index (χ1v) is 7.63. The molecule has 1 aliphatic rings. The van der Waals surface area contributed by atoms with Crippen LogP contribution in [0.2, 0.25) is 0 Å². The number of nitrogens with zero attached hydrogens (tertiary/aromatic N) is 1. The number of rotatable bonds is 4. The Kier molecular flexibility index (Phi) is 5.57. The van der Waals surface area contributed by atoms with Crippen molar-refractivity contribution in [2.24, 2.45) is 5.92 Å². The predicted molar refractivity (Wildman–Crippen MR) is 80.3 cm³/mol. The molecule has 0 radical (unpaired) electrons. The summed E-state index contributed by atoms with van der Waals surface area (Å²) in [5.74, 6) is 0.129. The van der Waals surface area contributed by atoms with E-state index >= 15 is 0 Å². The highest BCUT2D eigenvalue weighted by molar-refractivity contribution is 9.10. The number of ether oxygens (including phenoxy) is 1. The number of hydrogen-bond acceptors (Lipinski definition) is 4. The SMILES string of the molecule is COC(=O)[C@H](c1ccc(Br)cc1)N1CCC(CO)CC1. The predicted octanol–water partition coefficient (Wildman–Crippen LogP) is 2.37. The van der Waals surface area contributed by atoms with Crippen molar-refractivity contribution in [2.75, 3.05) is 26.8 Å². The number of benzene rings is 1. The summed E-state index contributed by atoms with van der Waals surface area (Å²) in [4.78, 5) is 14.3. The lowest BCUT2D eigenvalue weighted by Gasteiger charge is -2.35. The largest absolute Gasteiger partial charge is 0.468 e. The number of esters is 1. The first kappa shape index (κ1) is 15.5. The highest BCUT2D eigenvalue weighted by atomic mass is 79.9. The topological polar surface area (TPSA) is 49.8 Å². The summed E-state index contributed by atoms with van der Waals surface area (Å²) in [5.41, 5.74) is 0.947. The number of carbonyl (C=O) groups is 1. The number of likely N-dealkylation sites (tertiary alicyclic amines) is 1. The van der Waals surface area contributed by atoms with Gasteiger partial charge in [-0.25, -0.2) is 4.79 Å². The fourth-order valence-electron chi connectivity index (χ4n) is 2.65. The summed E-state index contributed by atoms with van der Waals surface area (Å²) in [6.45, 7) is 1.84. The molecular weight excluding hydrogens is 322 g/mol. The molecule has 0 bridgehead atoms. The van der Waals surface area contributed by atoms with E-state index in [-0.39, 0.29) is 18.6 Å². The van der Waals surface area contributed by atoms with Crippen LogP contribution in [0.3, 0.4) is 0 Å². The summed E-state index contributed by atoms with van der Waals surface area (Å²) in [5, 5.41) is 9.20. The van der Waals surface area contributed by atoms with Gasteiger partial charge in [0.15, 0.2) is 0 Å². The van der Waals surface area contributed by atoms with Gasteiger partial charge in [-0.05, 0) is 49.5 Å². The number of aliphatic hydroxyl groups excluding tert-OH is 1. The molecule has 0 amide bonds. The molecule has 0 unspecified atom stereocenters. The molecule has 4 nitrogen and oxygen atoms in total. The molecule has 1 aliphatic heterocycles. The molecule has 0 spiro atoms. The standard InChI is InChI=1S/C15H20BrNO3/c1-20-15(19)14(12-2-4-13(16)5-3-12)17-8-6-11(10-18)7-9-17/h2-5,11,14,18H,6-10H2,1H3/t14-/m0/s1. The van der Waals surface area contributed by atoms with Gasteiger partial charge in [-0.1, -0.05) is 28.1 Å². The van der Waals surface area contributed by atoms with Crippen LogP contribution in [-0.4, -0.2) is 42.8 Å². The Balaban J connectivity index is 2.16. The van der Waals surface area contributed by atoms with E-state index in [0.29, 0.717) is 5.92 Å². The maximum absolute atomic E-state index is 12.1. The molecular formula is C15H20BrNO3. The average Bonchev–Trinajstić information content (AvgIpc) is 2.50. The lowest BCUT2D eigenvalue weighted by molar-refractivity contribution is -0.148. The maximum Gasteiger partial charge on any atom is 0.327 e. The summed E-state index contributed by atoms with van der Waals surface area (Å²) in [6.07, 6.45) is 1.83. The van der Waals surface area contributed by atoms with Crippen LogP contribution in [-0.2, 0) is 9.53 Å². The van der Waals surface area contributed by atoms with Gasteiger partial charge in [0, 0.05) is 11.1 Å². The van der Waals surface area contributed by atoms with Crippen LogP contribution in [0.5, 0.6) is 0 Å². The summed E-state index contributed by atoms with van der Waals surface area (Å²) < 4.78 is 5.95. The van der Waals surface area contributed by atoms with Crippen LogP contribution < -0.4 is 0 Å². The molecule has 0 aromatic heterocycles. The van der Waals surface area contributed by atoms with Crippen LogP contribution in [0.1, 0.15) is 24.4 Å². The van der Waals surface area contributed by atoms with Gasteiger partial charge in [0.05, 0.1) is 7.11 Å². The molecule has 0 aliphatic carbocycles. The van der Waals surface area contributed by atoms with Crippen LogP contribution in [0.15, 0.2) is 28.7 Å². The third-order valence-electron chi connectivity index (χ3n) is 3.88. The third kappa shape index (κ3) is 3.59. The van der Waals surface area contributed by atoms with Crippen molar-refractivity contribution in [2.45, 2.75) is 18.9 Å². The van der Waals surface area contributed by atoms with Crippen LogP contribution in [0.25, 0.3) is 0 Å². The molecule has 0 saturated carbocycles. The Morgan fingerprint density at radius 3 is 2.50 bits per heavy atom. The second kappa shape index (κ2) is 7.20. The second-order valence-electron chi connectivity index (χ2n) is 5.14. The molecule has 1 N–H and O–H groups in total. The number of aliphatic hydroxyl groups is 1. The van der Waals surface area contributed by atoms with Crippen molar-refractivity contribution in [3.8, 4) is 0 Å². The van der Waals surface area contributed by atoms with E-state index in [1.54, 1.807) is 0 Å². The van der Waals surface area contributed by atoms with Gasteiger partial charge in [-0.15, -0.1) is 0 Å². The lowest BCUT2D eigenvalue weighted by Crippen LogP contribution is -2.41. The van der Waals surface area contributed by atoms with Crippen molar-refractivity contribution < 1.29 is 14.6 Å². The van der Waals surface area contributed by atoms with Crippen molar-refractivity contribution in [1.29, 1.82) is 0 Å². The van der Waals surface area contributed by atoms with Gasteiger partial charge in [0.25, 0.3) is 0 Å². The van der Waals surface area contributed by atoms with Crippen LogP contribution in [0.4, 0.5) is 0 Å². The molecule has 1 atom stereocenters. The number of halogens is 1. The molecule has 5 heteroatoms. The zero-order valence-electron chi connectivity index (χ0n) is 11.6. The van der Waals surface area contributed by atoms with Crippen molar-refractivity contribution >= 4 is 21.9 Å². The van der Waals surface area contributed by atoms with E-state index in [1.807, 2.05) is 24.3 Å². The first-order valence-electron chi connectivity index (χ1n) is 6.84. The van der Waals surface area contributed by atoms with Gasteiger partial charge in [0.1, 0.15) is 6.04 Å². The second-order valence-corrected chi connectivity index (χ2v) is 6.05. The lowest BCUT2D eigenvalue weighted by atomic mass is 9.95. The van der Waals surface area contributed by atoms with Crippen molar-refractivity contribution in [3.63, 3.8) is 0 Å². The van der Waals surface area contributed by atoms with E-state index in [1.165, 1.54) is 7.11 Å². The Bertz CT molecular complexity index is 441. The third-order valence-corrected chi connectivity index (χ3v) is 4.41. The Hall–Kier alpha value is -0.910. The zero-order chi connectivity index (χ0) is 14.5. The molecule has 1 aromatic carbocycles.